The van der Waals surface area contributed by atoms with Crippen molar-refractivity contribution in [2.75, 3.05) is 27.3 Å². The second-order valence-corrected chi connectivity index (χ2v) is 4.39. The lowest BCUT2D eigenvalue weighted by Gasteiger charge is -2.19. The Bertz CT molecular complexity index is 534. The van der Waals surface area contributed by atoms with Gasteiger partial charge in [-0.15, -0.1) is 0 Å². The first-order chi connectivity index (χ1) is 9.11. The lowest BCUT2D eigenvalue weighted by atomic mass is 10.3. The van der Waals surface area contributed by atoms with Crippen molar-refractivity contribution >= 4 is 11.6 Å². The summed E-state index contributed by atoms with van der Waals surface area (Å²) in [6.07, 6.45) is 2.81. The molecule has 2 heterocycles. The predicted molar refractivity (Wildman–Crippen MR) is 70.0 cm³/mol. The molecule has 1 unspecified atom stereocenters. The zero-order chi connectivity index (χ0) is 13.8. The summed E-state index contributed by atoms with van der Waals surface area (Å²) in [5.74, 6) is -0.223. The van der Waals surface area contributed by atoms with E-state index in [2.05, 4.69) is 4.98 Å². The van der Waals surface area contributed by atoms with E-state index in [1.54, 1.807) is 17.6 Å². The molecule has 2 aromatic rings. The quantitative estimate of drug-likeness (QED) is 0.848. The van der Waals surface area contributed by atoms with Gasteiger partial charge in [-0.05, 0) is 12.1 Å². The number of nitrogens with zero attached hydrogens (tertiary/aromatic N) is 3. The number of aliphatic hydroxyl groups is 1. The van der Waals surface area contributed by atoms with E-state index in [4.69, 9.17) is 4.74 Å². The molecule has 102 valence electrons. The minimum absolute atomic E-state index is 0.197. The standard InChI is InChI=1S/C13H17N3O3/c1-15(7-10(17)9-19-2)13(18)11-8-16-6-4-3-5-12(16)14-11/h3-6,8,10,17H,7,9H2,1-2H3. The van der Waals surface area contributed by atoms with E-state index in [-0.39, 0.29) is 19.1 Å². The highest BCUT2D eigenvalue weighted by atomic mass is 16.5. The summed E-state index contributed by atoms with van der Waals surface area (Å²) < 4.78 is 6.61. The first kappa shape index (κ1) is 13.5. The van der Waals surface area contributed by atoms with E-state index in [1.807, 2.05) is 24.4 Å². The molecular weight excluding hydrogens is 246 g/mol. The van der Waals surface area contributed by atoms with E-state index in [0.29, 0.717) is 5.69 Å². The number of hydrogen-bond donors (Lipinski definition) is 1. The molecule has 0 aliphatic heterocycles. The van der Waals surface area contributed by atoms with E-state index in [9.17, 15) is 9.90 Å². The fourth-order valence-electron chi connectivity index (χ4n) is 1.88. The van der Waals surface area contributed by atoms with E-state index >= 15 is 0 Å². The third-order valence-corrected chi connectivity index (χ3v) is 2.77. The fourth-order valence-corrected chi connectivity index (χ4v) is 1.88. The highest BCUT2D eigenvalue weighted by Crippen LogP contribution is 2.07. The Labute approximate surface area is 111 Å². The number of ether oxygens (including phenoxy) is 1. The van der Waals surface area contributed by atoms with Crippen molar-refractivity contribution < 1.29 is 14.6 Å². The van der Waals surface area contributed by atoms with Crippen molar-refractivity contribution in [3.8, 4) is 0 Å². The molecule has 0 aromatic carbocycles. The van der Waals surface area contributed by atoms with Crippen LogP contribution in [0.2, 0.25) is 0 Å². The molecule has 19 heavy (non-hydrogen) atoms. The van der Waals surface area contributed by atoms with Gasteiger partial charge in [0.1, 0.15) is 11.3 Å². The van der Waals surface area contributed by atoms with Gasteiger partial charge < -0.3 is 19.1 Å². The topological polar surface area (TPSA) is 67.1 Å². The molecule has 6 heteroatoms. The Morgan fingerprint density at radius 3 is 3.05 bits per heavy atom. The van der Waals surface area contributed by atoms with Crippen LogP contribution in [0.15, 0.2) is 30.6 Å². The highest BCUT2D eigenvalue weighted by Gasteiger charge is 2.18. The Balaban J connectivity index is 2.10. The van der Waals surface area contributed by atoms with Gasteiger partial charge in [-0.25, -0.2) is 4.98 Å². The van der Waals surface area contributed by atoms with Crippen LogP contribution in [0.1, 0.15) is 10.5 Å². The van der Waals surface area contributed by atoms with Crippen molar-refractivity contribution in [1.82, 2.24) is 14.3 Å². The van der Waals surface area contributed by atoms with Crippen LogP contribution in [0.3, 0.4) is 0 Å². The SMILES string of the molecule is COCC(O)CN(C)C(=O)c1cn2ccccc2n1. The molecule has 2 aromatic heterocycles. The minimum atomic E-state index is -0.698. The summed E-state index contributed by atoms with van der Waals surface area (Å²) >= 11 is 0. The number of aromatic nitrogens is 2. The molecule has 0 aliphatic rings. The summed E-state index contributed by atoms with van der Waals surface area (Å²) in [4.78, 5) is 17.8. The fraction of sp³-hybridized carbons (Fsp3) is 0.385. The van der Waals surface area contributed by atoms with Crippen LogP contribution in [0.25, 0.3) is 5.65 Å². The molecule has 0 saturated carbocycles. The highest BCUT2D eigenvalue weighted by molar-refractivity contribution is 5.92. The maximum atomic E-state index is 12.2. The molecular formula is C13H17N3O3. The second kappa shape index (κ2) is 5.81. The van der Waals surface area contributed by atoms with Gasteiger partial charge in [0.25, 0.3) is 5.91 Å². The summed E-state index contributed by atoms with van der Waals surface area (Å²) in [6.45, 7) is 0.406. The number of likely N-dealkylation sites (N-methyl/N-ethyl adjacent to an activating group) is 1. The molecule has 0 saturated heterocycles. The zero-order valence-corrected chi connectivity index (χ0v) is 11.0. The first-order valence-corrected chi connectivity index (χ1v) is 5.98. The van der Waals surface area contributed by atoms with Crippen molar-refractivity contribution in [2.45, 2.75) is 6.10 Å². The maximum absolute atomic E-state index is 12.2. The number of carbonyl (C=O) groups excluding carboxylic acids is 1. The number of pyridine rings is 1. The van der Waals surface area contributed by atoms with Gasteiger partial charge in [0, 0.05) is 33.1 Å². The van der Waals surface area contributed by atoms with Gasteiger partial charge >= 0.3 is 0 Å². The molecule has 0 spiro atoms. The second-order valence-electron chi connectivity index (χ2n) is 4.39. The monoisotopic (exact) mass is 263 g/mol. The zero-order valence-electron chi connectivity index (χ0n) is 11.0. The number of hydrogen-bond acceptors (Lipinski definition) is 4. The average Bonchev–Trinajstić information content (AvgIpc) is 2.81. The average molecular weight is 263 g/mol. The molecule has 0 bridgehead atoms. The Hall–Kier alpha value is -1.92. The van der Waals surface area contributed by atoms with Crippen LogP contribution in [0.5, 0.6) is 0 Å². The third-order valence-electron chi connectivity index (χ3n) is 2.77. The normalized spacial score (nSPS) is 12.6. The molecule has 2 rings (SSSR count). The van der Waals surface area contributed by atoms with Crippen LogP contribution in [0, 0.1) is 0 Å². The molecule has 1 atom stereocenters. The first-order valence-electron chi connectivity index (χ1n) is 5.98. The summed E-state index contributed by atoms with van der Waals surface area (Å²) in [5, 5.41) is 9.61. The lowest BCUT2D eigenvalue weighted by Crippen LogP contribution is -2.36. The summed E-state index contributed by atoms with van der Waals surface area (Å²) in [7, 11) is 3.14. The van der Waals surface area contributed by atoms with Crippen molar-refractivity contribution in [1.29, 1.82) is 0 Å². The molecule has 0 fully saturated rings. The van der Waals surface area contributed by atoms with Crippen LogP contribution in [0.4, 0.5) is 0 Å². The third kappa shape index (κ3) is 3.10. The number of methoxy groups -OCH3 is 1. The van der Waals surface area contributed by atoms with Gasteiger partial charge in [-0.1, -0.05) is 6.07 Å². The number of rotatable bonds is 5. The number of carbonyl (C=O) groups is 1. The van der Waals surface area contributed by atoms with E-state index in [0.717, 1.165) is 5.65 Å². The smallest absolute Gasteiger partial charge is 0.273 e. The van der Waals surface area contributed by atoms with Crippen LogP contribution >= 0.6 is 0 Å². The minimum Gasteiger partial charge on any atom is -0.389 e. The lowest BCUT2D eigenvalue weighted by molar-refractivity contribution is 0.0378. The molecule has 0 aliphatic carbocycles. The largest absolute Gasteiger partial charge is 0.389 e. The molecule has 1 amide bonds. The Morgan fingerprint density at radius 1 is 1.58 bits per heavy atom. The van der Waals surface area contributed by atoms with Crippen molar-refractivity contribution in [3.05, 3.63) is 36.3 Å². The summed E-state index contributed by atoms with van der Waals surface area (Å²) in [5.41, 5.74) is 1.08. The number of fused-ring (bicyclic) bond motifs is 1. The maximum Gasteiger partial charge on any atom is 0.273 e. The van der Waals surface area contributed by atoms with Gasteiger partial charge in [0.15, 0.2) is 0 Å². The van der Waals surface area contributed by atoms with Crippen LogP contribution in [-0.4, -0.2) is 58.7 Å². The molecule has 6 nitrogen and oxygen atoms in total. The van der Waals surface area contributed by atoms with Gasteiger partial charge in [-0.2, -0.15) is 0 Å². The number of amides is 1. The van der Waals surface area contributed by atoms with Gasteiger partial charge in [0.2, 0.25) is 0 Å². The summed E-state index contributed by atoms with van der Waals surface area (Å²) in [6, 6.07) is 5.56. The van der Waals surface area contributed by atoms with E-state index < -0.39 is 6.10 Å². The van der Waals surface area contributed by atoms with Crippen LogP contribution < -0.4 is 0 Å². The van der Waals surface area contributed by atoms with Crippen molar-refractivity contribution in [3.63, 3.8) is 0 Å². The predicted octanol–water partition coefficient (Wildman–Crippen LogP) is 0.414. The molecule has 1 N–H and O–H groups in total. The van der Waals surface area contributed by atoms with E-state index in [1.165, 1.54) is 12.0 Å². The number of aliphatic hydroxyl groups excluding tert-OH is 1. The van der Waals surface area contributed by atoms with Crippen LogP contribution in [-0.2, 0) is 4.74 Å². The Morgan fingerprint density at radius 2 is 2.37 bits per heavy atom. The van der Waals surface area contributed by atoms with Gasteiger partial charge in [0.05, 0.1) is 12.7 Å². The Kier molecular flexibility index (Phi) is 4.13. The molecule has 0 radical (unpaired) electrons. The number of imidazole rings is 1. The van der Waals surface area contributed by atoms with Gasteiger partial charge in [-0.3, -0.25) is 4.79 Å². The van der Waals surface area contributed by atoms with Crippen molar-refractivity contribution in [2.24, 2.45) is 0 Å².